The number of aromatic nitrogens is 1. The minimum atomic E-state index is -4.81. The summed E-state index contributed by atoms with van der Waals surface area (Å²) in [6, 6.07) is 9.24. The van der Waals surface area contributed by atoms with Gasteiger partial charge in [0.15, 0.2) is 6.61 Å². The van der Waals surface area contributed by atoms with Crippen molar-refractivity contribution in [2.75, 3.05) is 18.1 Å². The molecule has 204 valence electrons. The number of rotatable bonds is 6. The zero-order chi connectivity index (χ0) is 28.1. The number of ether oxygens (including phenoxy) is 2. The number of esters is 1. The molecule has 3 atom stereocenters. The van der Waals surface area contributed by atoms with Gasteiger partial charge in [0.2, 0.25) is 11.8 Å². The molecule has 1 fully saturated rings. The van der Waals surface area contributed by atoms with Gasteiger partial charge in [-0.05, 0) is 37.3 Å². The molecular formula is C25H18BrF3N2O6S2. The number of benzene rings is 2. The zero-order valence-electron chi connectivity index (χ0n) is 19.9. The molecule has 39 heavy (non-hydrogen) atoms. The number of carbonyl (C=O) groups excluding carboxylic acids is 3. The van der Waals surface area contributed by atoms with Gasteiger partial charge in [-0.15, -0.1) is 0 Å². The van der Waals surface area contributed by atoms with Gasteiger partial charge in [0.25, 0.3) is 0 Å². The third-order valence-corrected chi connectivity index (χ3v) is 9.13. The molecule has 3 aromatic rings. The molecule has 0 radical (unpaired) electrons. The number of aromatic amines is 1. The van der Waals surface area contributed by atoms with Crippen molar-refractivity contribution in [1.29, 1.82) is 0 Å². The lowest BCUT2D eigenvalue weighted by atomic mass is 9.82. The maximum atomic E-state index is 13.9. The summed E-state index contributed by atoms with van der Waals surface area (Å²) >= 11 is 5.17. The molecule has 3 heterocycles. The van der Waals surface area contributed by atoms with Crippen molar-refractivity contribution in [3.05, 3.63) is 72.6 Å². The Kier molecular flexibility index (Phi) is 7.37. The number of H-pyrrole nitrogens is 1. The second-order valence-electron chi connectivity index (χ2n) is 8.55. The van der Waals surface area contributed by atoms with E-state index < -0.39 is 63.8 Å². The quantitative estimate of drug-likeness (QED) is 0.299. The summed E-state index contributed by atoms with van der Waals surface area (Å²) in [4.78, 5) is 55.1. The maximum Gasteiger partial charge on any atom is 0.418 e. The third kappa shape index (κ3) is 5.00. The van der Waals surface area contributed by atoms with Crippen LogP contribution in [0.25, 0.3) is 0 Å². The number of anilines is 1. The molecule has 14 heteroatoms. The fraction of sp³-hybridized carbons (Fsp3) is 0.280. The number of thioether (sulfide) groups is 1. The summed E-state index contributed by atoms with van der Waals surface area (Å²) in [7, 11) is 0. The normalized spacial score (nSPS) is 20.5. The Morgan fingerprint density at radius 1 is 1.13 bits per heavy atom. The molecule has 1 N–H and O–H groups in total. The first-order chi connectivity index (χ1) is 18.5. The summed E-state index contributed by atoms with van der Waals surface area (Å²) in [5.74, 6) is -4.16. The molecule has 0 saturated carbocycles. The number of thiazole rings is 1. The van der Waals surface area contributed by atoms with Gasteiger partial charge in [-0.3, -0.25) is 14.4 Å². The lowest BCUT2D eigenvalue weighted by Crippen LogP contribution is -2.33. The topological polar surface area (TPSA) is 106 Å². The van der Waals surface area contributed by atoms with Gasteiger partial charge in [-0.1, -0.05) is 51.2 Å². The van der Waals surface area contributed by atoms with Gasteiger partial charge < -0.3 is 14.5 Å². The Labute approximate surface area is 235 Å². The number of fused-ring (bicyclic) bond motifs is 2. The molecule has 2 aliphatic heterocycles. The van der Waals surface area contributed by atoms with Crippen LogP contribution in [0.4, 0.5) is 18.9 Å². The van der Waals surface area contributed by atoms with Crippen LogP contribution in [0.3, 0.4) is 0 Å². The van der Waals surface area contributed by atoms with Gasteiger partial charge in [-0.25, -0.2) is 9.69 Å². The van der Waals surface area contributed by atoms with Gasteiger partial charge >= 0.3 is 17.0 Å². The van der Waals surface area contributed by atoms with Crippen molar-refractivity contribution in [2.45, 2.75) is 29.3 Å². The number of amides is 2. The molecular weight excluding hydrogens is 625 g/mol. The first kappa shape index (κ1) is 27.5. The first-order valence-electron chi connectivity index (χ1n) is 11.5. The Morgan fingerprint density at radius 3 is 2.59 bits per heavy atom. The summed E-state index contributed by atoms with van der Waals surface area (Å²) in [6.07, 6.45) is -4.81. The molecule has 8 nitrogen and oxygen atoms in total. The van der Waals surface area contributed by atoms with Crippen LogP contribution in [0, 0.1) is 5.92 Å². The Morgan fingerprint density at radius 2 is 1.87 bits per heavy atom. The number of carbonyl (C=O) groups is 3. The van der Waals surface area contributed by atoms with E-state index in [0.717, 1.165) is 35.2 Å². The molecule has 3 unspecified atom stereocenters. The molecule has 2 aromatic carbocycles. The summed E-state index contributed by atoms with van der Waals surface area (Å²) in [6.45, 7) is 1.35. The Hall–Kier alpha value is -3.10. The SMILES string of the molecule is CCOC(=O)COc1ccc(Br)cc1C1c2sc(=O)[nH]c2SC2C(=O)N(c3ccccc3C(F)(F)F)C(=O)C21. The van der Waals surface area contributed by atoms with Crippen molar-refractivity contribution >= 4 is 62.5 Å². The molecule has 0 bridgehead atoms. The van der Waals surface area contributed by atoms with Gasteiger partial charge in [0.1, 0.15) is 11.0 Å². The number of alkyl halides is 3. The number of nitrogens with zero attached hydrogens (tertiary/aromatic N) is 1. The number of nitrogens with one attached hydrogen (secondary N) is 1. The van der Waals surface area contributed by atoms with Crippen molar-refractivity contribution < 1.29 is 37.0 Å². The molecule has 2 amide bonds. The lowest BCUT2D eigenvalue weighted by molar-refractivity contribution is -0.145. The van der Waals surface area contributed by atoms with Crippen LogP contribution in [-0.4, -0.2) is 41.2 Å². The second-order valence-corrected chi connectivity index (χ2v) is 11.6. The smallest absolute Gasteiger partial charge is 0.418 e. The van der Waals surface area contributed by atoms with Crippen LogP contribution in [0.5, 0.6) is 5.75 Å². The van der Waals surface area contributed by atoms with E-state index in [1.807, 2.05) is 0 Å². The molecule has 1 saturated heterocycles. The lowest BCUT2D eigenvalue weighted by Gasteiger charge is -2.31. The minimum absolute atomic E-state index is 0.144. The highest BCUT2D eigenvalue weighted by Crippen LogP contribution is 2.55. The maximum absolute atomic E-state index is 13.9. The van der Waals surface area contributed by atoms with Crippen LogP contribution >= 0.6 is 39.0 Å². The standard InChI is InChI=1S/C25H18BrF3N2O6S2/c1-2-36-16(32)10-37-15-8-7-11(26)9-12(15)17-18-20(38-21-19(17)39-24(35)30-21)23(34)31(22(18)33)14-6-4-3-5-13(14)25(27,28)29/h3-9,17-18,20H,2,10H2,1H3,(H,30,35). The van der Waals surface area contributed by atoms with E-state index in [4.69, 9.17) is 9.47 Å². The Balaban J connectivity index is 1.64. The summed E-state index contributed by atoms with van der Waals surface area (Å²) in [5, 5.41) is -0.766. The third-order valence-electron chi connectivity index (χ3n) is 6.23. The van der Waals surface area contributed by atoms with Crippen LogP contribution < -0.4 is 14.5 Å². The van der Waals surface area contributed by atoms with Crippen molar-refractivity contribution in [1.82, 2.24) is 4.98 Å². The predicted molar refractivity (Wildman–Crippen MR) is 140 cm³/mol. The average molecular weight is 643 g/mol. The second kappa shape index (κ2) is 10.5. The minimum Gasteiger partial charge on any atom is -0.482 e. The largest absolute Gasteiger partial charge is 0.482 e. The van der Waals surface area contributed by atoms with E-state index in [1.54, 1.807) is 25.1 Å². The highest BCUT2D eigenvalue weighted by Gasteiger charge is 2.57. The molecule has 0 aliphatic carbocycles. The molecule has 1 aromatic heterocycles. The summed E-state index contributed by atoms with van der Waals surface area (Å²) in [5.41, 5.74) is -1.29. The van der Waals surface area contributed by atoms with Crippen molar-refractivity contribution in [2.24, 2.45) is 5.92 Å². The number of halogens is 4. The van der Waals surface area contributed by atoms with E-state index in [2.05, 4.69) is 20.9 Å². The van der Waals surface area contributed by atoms with Crippen LogP contribution in [0.15, 0.2) is 56.8 Å². The number of imide groups is 1. The van der Waals surface area contributed by atoms with E-state index >= 15 is 0 Å². The van der Waals surface area contributed by atoms with Gasteiger partial charge in [0, 0.05) is 20.8 Å². The van der Waals surface area contributed by atoms with Crippen LogP contribution in [0.1, 0.15) is 28.8 Å². The van der Waals surface area contributed by atoms with Crippen molar-refractivity contribution in [3.8, 4) is 5.75 Å². The molecule has 2 aliphatic rings. The van der Waals surface area contributed by atoms with Crippen LogP contribution in [0.2, 0.25) is 0 Å². The van der Waals surface area contributed by atoms with Gasteiger partial charge in [-0.2, -0.15) is 13.2 Å². The van der Waals surface area contributed by atoms with Crippen molar-refractivity contribution in [3.63, 3.8) is 0 Å². The first-order valence-corrected chi connectivity index (χ1v) is 14.0. The average Bonchev–Trinajstić information content (AvgIpc) is 3.37. The fourth-order valence-electron chi connectivity index (χ4n) is 4.73. The van der Waals surface area contributed by atoms with Gasteiger partial charge in [0.05, 0.1) is 28.8 Å². The monoisotopic (exact) mass is 642 g/mol. The number of hydrogen-bond acceptors (Lipinski definition) is 8. The molecule has 5 rings (SSSR count). The van der Waals surface area contributed by atoms with E-state index in [0.29, 0.717) is 24.8 Å². The van der Waals surface area contributed by atoms with Crippen LogP contribution in [-0.2, 0) is 25.3 Å². The highest BCUT2D eigenvalue weighted by molar-refractivity contribution is 9.10. The number of hydrogen-bond donors (Lipinski definition) is 1. The van der Waals surface area contributed by atoms with E-state index in [-0.39, 0.29) is 12.4 Å². The van der Waals surface area contributed by atoms with E-state index in [1.165, 1.54) is 12.1 Å². The summed E-state index contributed by atoms with van der Waals surface area (Å²) < 4.78 is 52.7. The fourth-order valence-corrected chi connectivity index (χ4v) is 7.62. The Bertz CT molecular complexity index is 1540. The molecule has 0 spiro atoms. The predicted octanol–water partition coefficient (Wildman–Crippen LogP) is 4.96. The zero-order valence-corrected chi connectivity index (χ0v) is 23.1. The van der Waals surface area contributed by atoms with E-state index in [9.17, 15) is 32.3 Å². The number of para-hydroxylation sites is 1. The highest BCUT2D eigenvalue weighted by atomic mass is 79.9.